The zero-order chi connectivity index (χ0) is 15.4. The molecule has 3 rings (SSSR count). The summed E-state index contributed by atoms with van der Waals surface area (Å²) in [5.41, 5.74) is 1.35. The molecule has 0 radical (unpaired) electrons. The Kier molecular flexibility index (Phi) is 3.92. The van der Waals surface area contributed by atoms with Crippen molar-refractivity contribution in [1.29, 1.82) is 0 Å². The number of hydrogen-bond acceptors (Lipinski definition) is 3. The van der Waals surface area contributed by atoms with Gasteiger partial charge in [0.25, 0.3) is 0 Å². The van der Waals surface area contributed by atoms with Gasteiger partial charge < -0.3 is 4.74 Å². The van der Waals surface area contributed by atoms with E-state index in [1.165, 1.54) is 4.57 Å². The van der Waals surface area contributed by atoms with E-state index < -0.39 is 6.09 Å². The fraction of sp³-hybridized carbons (Fsp3) is 0.0556. The molecule has 4 nitrogen and oxygen atoms in total. The number of para-hydroxylation sites is 1. The molecule has 0 unspecified atom stereocenters. The van der Waals surface area contributed by atoms with Crippen molar-refractivity contribution < 1.29 is 14.1 Å². The lowest BCUT2D eigenvalue weighted by Gasteiger charge is -2.07. The van der Waals surface area contributed by atoms with Crippen LogP contribution in [0.2, 0.25) is 0 Å². The molecule has 4 heteroatoms. The Morgan fingerprint density at radius 2 is 1.95 bits per heavy atom. The van der Waals surface area contributed by atoms with Crippen molar-refractivity contribution in [1.82, 2.24) is 4.98 Å². The Bertz CT molecular complexity index is 829. The molecule has 0 bridgehead atoms. The number of nitrogens with zero attached hydrogens (tertiary/aromatic N) is 2. The third-order valence-electron chi connectivity index (χ3n) is 3.26. The van der Waals surface area contributed by atoms with Crippen molar-refractivity contribution in [3.63, 3.8) is 0 Å². The van der Waals surface area contributed by atoms with Crippen LogP contribution in [0, 0.1) is 0 Å². The van der Waals surface area contributed by atoms with Gasteiger partial charge in [0, 0.05) is 6.42 Å². The first-order valence-corrected chi connectivity index (χ1v) is 6.96. The van der Waals surface area contributed by atoms with Crippen molar-refractivity contribution in [2.75, 3.05) is 0 Å². The summed E-state index contributed by atoms with van der Waals surface area (Å²) < 4.78 is 6.94. The second kappa shape index (κ2) is 6.18. The summed E-state index contributed by atoms with van der Waals surface area (Å²) >= 11 is 0. The van der Waals surface area contributed by atoms with Crippen LogP contribution in [-0.4, -0.2) is 11.1 Å². The van der Waals surface area contributed by atoms with Gasteiger partial charge in [0.1, 0.15) is 17.6 Å². The van der Waals surface area contributed by atoms with E-state index >= 15 is 0 Å². The summed E-state index contributed by atoms with van der Waals surface area (Å²) in [6.07, 6.45) is 3.48. The molecule has 0 N–H and O–H groups in total. The van der Waals surface area contributed by atoms with Gasteiger partial charge in [-0.05, 0) is 41.4 Å². The molecule has 108 valence electrons. The van der Waals surface area contributed by atoms with Crippen LogP contribution in [0.5, 0.6) is 5.75 Å². The minimum atomic E-state index is -0.479. The van der Waals surface area contributed by atoms with Crippen LogP contribution in [-0.2, 0) is 6.42 Å². The number of rotatable bonds is 3. The van der Waals surface area contributed by atoms with Gasteiger partial charge in [0.2, 0.25) is 0 Å². The molecule has 0 fully saturated rings. The quantitative estimate of drug-likeness (QED) is 0.549. The normalized spacial score (nSPS) is 10.4. The summed E-state index contributed by atoms with van der Waals surface area (Å²) in [6.45, 7) is 3.73. The number of benzene rings is 1. The molecule has 0 aliphatic rings. The highest BCUT2D eigenvalue weighted by atomic mass is 16.6. The van der Waals surface area contributed by atoms with E-state index in [9.17, 15) is 4.79 Å². The topological polar surface area (TPSA) is 43.1 Å². The van der Waals surface area contributed by atoms with E-state index in [1.54, 1.807) is 24.4 Å². The number of hydrogen-bond donors (Lipinski definition) is 0. The van der Waals surface area contributed by atoms with E-state index in [-0.39, 0.29) is 0 Å². The van der Waals surface area contributed by atoms with Gasteiger partial charge >= 0.3 is 11.7 Å². The van der Waals surface area contributed by atoms with Gasteiger partial charge in [-0.25, -0.2) is 0 Å². The van der Waals surface area contributed by atoms with Crippen LogP contribution in [0.25, 0.3) is 11.0 Å². The van der Waals surface area contributed by atoms with Crippen molar-refractivity contribution in [3.05, 3.63) is 79.1 Å². The first kappa shape index (κ1) is 13.9. The Morgan fingerprint density at radius 3 is 2.73 bits per heavy atom. The van der Waals surface area contributed by atoms with Gasteiger partial charge in [-0.15, -0.1) is 11.1 Å². The molecular weight excluding hydrogens is 276 g/mol. The summed E-state index contributed by atoms with van der Waals surface area (Å²) in [5.74, 6) is 0.498. The minimum Gasteiger partial charge on any atom is -0.392 e. The minimum absolute atomic E-state index is 0.479. The van der Waals surface area contributed by atoms with Crippen molar-refractivity contribution in [2.45, 2.75) is 6.42 Å². The lowest BCUT2D eigenvalue weighted by Crippen LogP contribution is -2.49. The zero-order valence-corrected chi connectivity index (χ0v) is 12.0. The molecule has 0 aliphatic carbocycles. The van der Waals surface area contributed by atoms with Crippen molar-refractivity contribution >= 4 is 17.1 Å². The first-order chi connectivity index (χ1) is 10.8. The number of aromatic nitrogens is 2. The maximum Gasteiger partial charge on any atom is 0.517 e. The predicted octanol–water partition coefficient (Wildman–Crippen LogP) is 3.30. The van der Waals surface area contributed by atoms with Crippen molar-refractivity contribution in [3.8, 4) is 5.75 Å². The molecular formula is C18H15N2O2+. The van der Waals surface area contributed by atoms with E-state index in [2.05, 4.69) is 11.6 Å². The highest BCUT2D eigenvalue weighted by Gasteiger charge is 2.23. The van der Waals surface area contributed by atoms with Crippen LogP contribution in [0.4, 0.5) is 4.79 Å². The third-order valence-corrected chi connectivity index (χ3v) is 3.26. The maximum atomic E-state index is 12.6. The maximum absolute atomic E-state index is 12.6. The molecule has 0 atom stereocenters. The SMILES string of the molecule is C=CCc1ccc2cccnc2[n+]1C(=O)Oc1ccccc1. The molecule has 0 saturated heterocycles. The monoisotopic (exact) mass is 291 g/mol. The van der Waals surface area contributed by atoms with E-state index in [0.717, 1.165) is 11.1 Å². The Hall–Kier alpha value is -3.01. The number of carbonyl (C=O) groups is 1. The fourth-order valence-electron chi connectivity index (χ4n) is 2.27. The molecule has 2 heterocycles. The smallest absolute Gasteiger partial charge is 0.392 e. The Balaban J connectivity index is 2.08. The third kappa shape index (κ3) is 2.72. The molecule has 0 spiro atoms. The summed E-state index contributed by atoms with van der Waals surface area (Å²) in [5, 5.41) is 0.875. The van der Waals surface area contributed by atoms with E-state index in [1.807, 2.05) is 42.5 Å². The predicted molar refractivity (Wildman–Crippen MR) is 83.7 cm³/mol. The molecule has 22 heavy (non-hydrogen) atoms. The van der Waals surface area contributed by atoms with Crippen molar-refractivity contribution in [2.24, 2.45) is 0 Å². The van der Waals surface area contributed by atoms with Gasteiger partial charge in [-0.3, -0.25) is 0 Å². The van der Waals surface area contributed by atoms with Gasteiger partial charge in [-0.1, -0.05) is 24.3 Å². The average molecular weight is 291 g/mol. The van der Waals surface area contributed by atoms with Crippen LogP contribution >= 0.6 is 0 Å². The van der Waals surface area contributed by atoms with Gasteiger partial charge in [0.05, 0.1) is 5.39 Å². The number of allylic oxidation sites excluding steroid dienone is 1. The Morgan fingerprint density at radius 1 is 1.14 bits per heavy atom. The van der Waals surface area contributed by atoms with Gasteiger partial charge in [0.15, 0.2) is 0 Å². The highest BCUT2D eigenvalue weighted by molar-refractivity contribution is 5.75. The second-order valence-electron chi connectivity index (χ2n) is 4.75. The largest absolute Gasteiger partial charge is 0.517 e. The molecule has 0 saturated carbocycles. The molecule has 0 amide bonds. The Labute approximate surface area is 128 Å². The number of pyridine rings is 2. The molecule has 1 aromatic carbocycles. The highest BCUT2D eigenvalue weighted by Crippen LogP contribution is 2.12. The summed E-state index contributed by atoms with van der Waals surface area (Å²) in [7, 11) is 0. The molecule has 2 aromatic heterocycles. The lowest BCUT2D eigenvalue weighted by molar-refractivity contribution is -0.564. The summed E-state index contributed by atoms with van der Waals surface area (Å²) in [4.78, 5) is 16.9. The molecule has 0 aliphatic heterocycles. The fourth-order valence-corrected chi connectivity index (χ4v) is 2.27. The standard InChI is InChI=1S/C18H15N2O2/c1-2-7-15-12-11-14-8-6-13-19-17(14)20(15)18(21)22-16-9-4-3-5-10-16/h2-6,8-13H,1,7H2/q+1. The van der Waals surface area contributed by atoms with E-state index in [0.29, 0.717) is 17.8 Å². The number of ether oxygens (including phenoxy) is 1. The first-order valence-electron chi connectivity index (χ1n) is 6.96. The second-order valence-corrected chi connectivity index (χ2v) is 4.75. The van der Waals surface area contributed by atoms with Crippen LogP contribution in [0.1, 0.15) is 5.69 Å². The van der Waals surface area contributed by atoms with Gasteiger partial charge in [-0.2, -0.15) is 4.79 Å². The number of carbonyl (C=O) groups excluding carboxylic acids is 1. The average Bonchev–Trinajstić information content (AvgIpc) is 2.55. The van der Waals surface area contributed by atoms with Crippen LogP contribution < -0.4 is 9.30 Å². The lowest BCUT2D eigenvalue weighted by atomic mass is 10.2. The zero-order valence-electron chi connectivity index (χ0n) is 12.0. The van der Waals surface area contributed by atoms with Crippen LogP contribution in [0.15, 0.2) is 73.4 Å². The van der Waals surface area contributed by atoms with E-state index in [4.69, 9.17) is 4.74 Å². The molecule has 3 aromatic rings. The number of fused-ring (bicyclic) bond motifs is 1. The summed E-state index contributed by atoms with van der Waals surface area (Å²) in [6, 6.07) is 16.6. The van der Waals surface area contributed by atoms with Crippen LogP contribution in [0.3, 0.4) is 0 Å².